The molecule has 0 atom stereocenters. The summed E-state index contributed by atoms with van der Waals surface area (Å²) in [5, 5.41) is 8.38. The second-order valence-corrected chi connectivity index (χ2v) is 2.34. The highest BCUT2D eigenvalue weighted by molar-refractivity contribution is 5.87. The minimum atomic E-state index is -2.93. The van der Waals surface area contributed by atoms with E-state index in [0.29, 0.717) is 6.07 Å². The Hall–Kier alpha value is -1.52. The first kappa shape index (κ1) is 9.57. The maximum Gasteiger partial charge on any atom is 0.335 e. The standard InChI is InChI=1S/C8H5F3O2/c9-6-3-4(8(12)13)1-2-5(6)7(10)11/h1-3,7H,(H,12,13). The van der Waals surface area contributed by atoms with Gasteiger partial charge in [-0.2, -0.15) is 0 Å². The monoisotopic (exact) mass is 190 g/mol. The summed E-state index contributed by atoms with van der Waals surface area (Å²) in [6.45, 7) is 0. The quantitative estimate of drug-likeness (QED) is 0.777. The number of carboxylic acid groups (broad SMARTS) is 1. The summed E-state index contributed by atoms with van der Waals surface area (Å²) in [5.74, 6) is -2.55. The van der Waals surface area contributed by atoms with Crippen LogP contribution < -0.4 is 0 Å². The number of aromatic carboxylic acids is 1. The molecular weight excluding hydrogens is 185 g/mol. The fraction of sp³-hybridized carbons (Fsp3) is 0.125. The summed E-state index contributed by atoms with van der Waals surface area (Å²) in [5.41, 5.74) is -1.13. The fourth-order valence-electron chi connectivity index (χ4n) is 0.837. The number of carboxylic acids is 1. The van der Waals surface area contributed by atoms with Gasteiger partial charge in [0.15, 0.2) is 0 Å². The number of alkyl halides is 2. The maximum absolute atomic E-state index is 12.7. The second kappa shape index (κ2) is 3.47. The van der Waals surface area contributed by atoms with Crippen molar-refractivity contribution in [1.82, 2.24) is 0 Å². The highest BCUT2D eigenvalue weighted by Crippen LogP contribution is 2.22. The average molecular weight is 190 g/mol. The molecule has 2 nitrogen and oxygen atoms in total. The first-order valence-electron chi connectivity index (χ1n) is 3.33. The molecule has 0 spiro atoms. The Morgan fingerprint density at radius 3 is 2.38 bits per heavy atom. The van der Waals surface area contributed by atoms with Crippen LogP contribution in [-0.2, 0) is 0 Å². The van der Waals surface area contributed by atoms with Crippen molar-refractivity contribution in [3.8, 4) is 0 Å². The van der Waals surface area contributed by atoms with Crippen LogP contribution >= 0.6 is 0 Å². The molecule has 0 heterocycles. The van der Waals surface area contributed by atoms with Crippen molar-refractivity contribution in [2.24, 2.45) is 0 Å². The highest BCUT2D eigenvalue weighted by Gasteiger charge is 2.14. The van der Waals surface area contributed by atoms with E-state index >= 15 is 0 Å². The maximum atomic E-state index is 12.7. The van der Waals surface area contributed by atoms with Crippen molar-refractivity contribution < 1.29 is 23.1 Å². The van der Waals surface area contributed by atoms with E-state index < -0.39 is 23.8 Å². The van der Waals surface area contributed by atoms with Crippen molar-refractivity contribution in [3.05, 3.63) is 35.1 Å². The van der Waals surface area contributed by atoms with E-state index in [0.717, 1.165) is 12.1 Å². The lowest BCUT2D eigenvalue weighted by molar-refractivity contribution is 0.0695. The van der Waals surface area contributed by atoms with Gasteiger partial charge in [0.1, 0.15) is 5.82 Å². The lowest BCUT2D eigenvalue weighted by atomic mass is 10.1. The molecule has 0 radical (unpaired) electrons. The third-order valence-electron chi connectivity index (χ3n) is 1.48. The molecule has 1 rings (SSSR count). The van der Waals surface area contributed by atoms with Crippen LogP contribution in [0.4, 0.5) is 13.2 Å². The highest BCUT2D eigenvalue weighted by atomic mass is 19.3. The molecule has 0 bridgehead atoms. The van der Waals surface area contributed by atoms with Crippen molar-refractivity contribution in [1.29, 1.82) is 0 Å². The minimum absolute atomic E-state index is 0.345. The van der Waals surface area contributed by atoms with Gasteiger partial charge >= 0.3 is 5.97 Å². The van der Waals surface area contributed by atoms with E-state index in [1.165, 1.54) is 0 Å². The normalized spacial score (nSPS) is 10.5. The zero-order chi connectivity index (χ0) is 10.0. The molecule has 0 saturated heterocycles. The SMILES string of the molecule is O=C(O)c1ccc(C(F)F)c(F)c1. The van der Waals surface area contributed by atoms with Gasteiger partial charge in [0.05, 0.1) is 11.1 Å². The van der Waals surface area contributed by atoms with Gasteiger partial charge in [0.25, 0.3) is 6.43 Å². The van der Waals surface area contributed by atoms with Gasteiger partial charge in [0.2, 0.25) is 0 Å². The summed E-state index contributed by atoms with van der Waals surface area (Å²) in [7, 11) is 0. The van der Waals surface area contributed by atoms with Crippen LogP contribution in [0.15, 0.2) is 18.2 Å². The minimum Gasteiger partial charge on any atom is -0.478 e. The zero-order valence-corrected chi connectivity index (χ0v) is 6.30. The Labute approximate surface area is 71.6 Å². The van der Waals surface area contributed by atoms with Gasteiger partial charge in [-0.25, -0.2) is 18.0 Å². The van der Waals surface area contributed by atoms with Gasteiger partial charge in [-0.15, -0.1) is 0 Å². The summed E-state index contributed by atoms with van der Waals surface area (Å²) in [4.78, 5) is 10.3. The van der Waals surface area contributed by atoms with E-state index in [-0.39, 0.29) is 5.56 Å². The van der Waals surface area contributed by atoms with Crippen molar-refractivity contribution >= 4 is 5.97 Å². The molecule has 1 aromatic rings. The van der Waals surface area contributed by atoms with Crippen molar-refractivity contribution in [2.45, 2.75) is 6.43 Å². The fourth-order valence-corrected chi connectivity index (χ4v) is 0.837. The van der Waals surface area contributed by atoms with E-state index in [9.17, 15) is 18.0 Å². The Morgan fingerprint density at radius 1 is 1.38 bits per heavy atom. The van der Waals surface area contributed by atoms with Crippen LogP contribution in [0.3, 0.4) is 0 Å². The Balaban J connectivity index is 3.13. The molecule has 70 valence electrons. The largest absolute Gasteiger partial charge is 0.478 e. The average Bonchev–Trinajstić information content (AvgIpc) is 2.03. The smallest absolute Gasteiger partial charge is 0.335 e. The first-order chi connectivity index (χ1) is 6.02. The van der Waals surface area contributed by atoms with E-state index in [1.807, 2.05) is 0 Å². The van der Waals surface area contributed by atoms with Gasteiger partial charge in [-0.05, 0) is 18.2 Å². The first-order valence-corrected chi connectivity index (χ1v) is 3.33. The Morgan fingerprint density at radius 2 is 2.00 bits per heavy atom. The molecular formula is C8H5F3O2. The predicted molar refractivity (Wildman–Crippen MR) is 38.3 cm³/mol. The van der Waals surface area contributed by atoms with Crippen LogP contribution in [-0.4, -0.2) is 11.1 Å². The van der Waals surface area contributed by atoms with Crippen LogP contribution in [0.1, 0.15) is 22.3 Å². The van der Waals surface area contributed by atoms with Crippen LogP contribution in [0.5, 0.6) is 0 Å². The van der Waals surface area contributed by atoms with E-state index in [2.05, 4.69) is 0 Å². The van der Waals surface area contributed by atoms with Gasteiger partial charge in [0, 0.05) is 0 Å². The molecule has 0 unspecified atom stereocenters. The molecule has 0 aromatic heterocycles. The Bertz CT molecular complexity index is 336. The van der Waals surface area contributed by atoms with E-state index in [4.69, 9.17) is 5.11 Å². The number of halogens is 3. The predicted octanol–water partition coefficient (Wildman–Crippen LogP) is 2.46. The zero-order valence-electron chi connectivity index (χ0n) is 6.30. The number of hydrogen-bond donors (Lipinski definition) is 1. The second-order valence-electron chi connectivity index (χ2n) is 2.34. The third kappa shape index (κ3) is 1.99. The van der Waals surface area contributed by atoms with Gasteiger partial charge < -0.3 is 5.11 Å². The number of hydrogen-bond acceptors (Lipinski definition) is 1. The Kier molecular flexibility index (Phi) is 2.55. The molecule has 5 heteroatoms. The molecule has 0 saturated carbocycles. The lowest BCUT2D eigenvalue weighted by Gasteiger charge is -2.01. The molecule has 1 aromatic carbocycles. The van der Waals surface area contributed by atoms with Crippen LogP contribution in [0, 0.1) is 5.82 Å². The summed E-state index contributed by atoms with van der Waals surface area (Å²) >= 11 is 0. The number of rotatable bonds is 2. The molecule has 0 aliphatic heterocycles. The van der Waals surface area contributed by atoms with Crippen molar-refractivity contribution in [2.75, 3.05) is 0 Å². The molecule has 0 aliphatic carbocycles. The topological polar surface area (TPSA) is 37.3 Å². The van der Waals surface area contributed by atoms with E-state index in [1.54, 1.807) is 0 Å². The summed E-state index contributed by atoms with van der Waals surface area (Å²) in [6.07, 6.45) is -2.93. The molecule has 1 N–H and O–H groups in total. The van der Waals surface area contributed by atoms with Crippen LogP contribution in [0.25, 0.3) is 0 Å². The summed E-state index contributed by atoms with van der Waals surface area (Å²) in [6, 6.07) is 2.28. The van der Waals surface area contributed by atoms with Crippen molar-refractivity contribution in [3.63, 3.8) is 0 Å². The lowest BCUT2D eigenvalue weighted by Crippen LogP contribution is -1.99. The molecule has 13 heavy (non-hydrogen) atoms. The molecule has 0 aliphatic rings. The molecule has 0 fully saturated rings. The van der Waals surface area contributed by atoms with Gasteiger partial charge in [-0.3, -0.25) is 0 Å². The van der Waals surface area contributed by atoms with Gasteiger partial charge in [-0.1, -0.05) is 0 Å². The molecule has 0 amide bonds. The number of benzene rings is 1. The number of carbonyl (C=O) groups is 1. The summed E-state index contributed by atoms with van der Waals surface area (Å²) < 4.78 is 36.7. The van der Waals surface area contributed by atoms with Crippen LogP contribution in [0.2, 0.25) is 0 Å². The third-order valence-corrected chi connectivity index (χ3v) is 1.48.